The first-order valence-electron chi connectivity index (χ1n) is 11.8. The molecule has 3 aromatic rings. The maximum atomic E-state index is 10.7. The molecule has 0 radical (unpaired) electrons. The highest BCUT2D eigenvalue weighted by Gasteiger charge is 2.24. The lowest BCUT2D eigenvalue weighted by atomic mass is 9.89. The number of aryl methyl sites for hydroxylation is 1. The Hall–Kier alpha value is -2.46. The molecule has 31 heavy (non-hydrogen) atoms. The molecule has 2 fully saturated rings. The fourth-order valence-corrected chi connectivity index (χ4v) is 5.26. The molecular weight excluding hydrogens is 384 g/mol. The maximum Gasteiger partial charge on any atom is 0.199 e. The smallest absolute Gasteiger partial charge is 0.199 e. The summed E-state index contributed by atoms with van der Waals surface area (Å²) in [5, 5.41) is 12.9. The first-order valence-corrected chi connectivity index (χ1v) is 11.8. The van der Waals surface area contributed by atoms with Crippen LogP contribution in [0.4, 0.5) is 0 Å². The first kappa shape index (κ1) is 20.4. The zero-order valence-corrected chi connectivity index (χ0v) is 18.8. The Morgan fingerprint density at radius 3 is 2.55 bits per heavy atom. The van der Waals surface area contributed by atoms with E-state index >= 15 is 0 Å². The van der Waals surface area contributed by atoms with Crippen LogP contribution in [0.5, 0.6) is 11.6 Å². The van der Waals surface area contributed by atoms with Crippen LogP contribution in [0.25, 0.3) is 10.8 Å². The van der Waals surface area contributed by atoms with Crippen molar-refractivity contribution < 1.29 is 9.84 Å². The number of aromatic hydroxyl groups is 1. The lowest BCUT2D eigenvalue weighted by molar-refractivity contribution is 0.175. The van der Waals surface area contributed by atoms with Gasteiger partial charge in [0.1, 0.15) is 5.75 Å². The van der Waals surface area contributed by atoms with Crippen LogP contribution in [0.1, 0.15) is 42.4 Å². The molecule has 4 nitrogen and oxygen atoms in total. The second-order valence-corrected chi connectivity index (χ2v) is 9.66. The molecule has 0 bridgehead atoms. The number of rotatable bonds is 7. The van der Waals surface area contributed by atoms with Gasteiger partial charge < -0.3 is 14.4 Å². The van der Waals surface area contributed by atoms with Gasteiger partial charge in [-0.15, -0.1) is 0 Å². The van der Waals surface area contributed by atoms with Gasteiger partial charge in [-0.3, -0.25) is 4.90 Å². The molecule has 5 rings (SSSR count). The predicted molar refractivity (Wildman–Crippen MR) is 126 cm³/mol. The number of hydrogen-bond donors (Lipinski definition) is 1. The maximum absolute atomic E-state index is 10.7. The highest BCUT2D eigenvalue weighted by molar-refractivity contribution is 5.91. The van der Waals surface area contributed by atoms with Crippen molar-refractivity contribution in [1.29, 1.82) is 0 Å². The summed E-state index contributed by atoms with van der Waals surface area (Å²) in [6, 6.07) is 13.0. The average Bonchev–Trinajstić information content (AvgIpc) is 3.53. The Labute approximate surface area is 185 Å². The lowest BCUT2D eigenvalue weighted by Crippen LogP contribution is -2.34. The van der Waals surface area contributed by atoms with Crippen molar-refractivity contribution in [2.75, 3.05) is 20.2 Å². The number of benzene rings is 2. The minimum absolute atomic E-state index is 0.454. The van der Waals surface area contributed by atoms with Crippen LogP contribution in [0, 0.1) is 18.8 Å². The van der Waals surface area contributed by atoms with E-state index in [2.05, 4.69) is 52.9 Å². The number of fused-ring (bicyclic) bond motifs is 1. The van der Waals surface area contributed by atoms with Crippen molar-refractivity contribution in [3.05, 3.63) is 59.3 Å². The van der Waals surface area contributed by atoms with E-state index in [1.807, 2.05) is 6.07 Å². The van der Waals surface area contributed by atoms with Gasteiger partial charge in [-0.1, -0.05) is 24.3 Å². The third-order valence-corrected chi connectivity index (χ3v) is 7.19. The monoisotopic (exact) mass is 418 g/mol. The molecule has 4 heteroatoms. The predicted octanol–water partition coefficient (Wildman–Crippen LogP) is 5.53. The van der Waals surface area contributed by atoms with Gasteiger partial charge in [-0.05, 0) is 87.2 Å². The largest absolute Gasteiger partial charge is 0.496 e. The van der Waals surface area contributed by atoms with E-state index < -0.39 is 0 Å². The highest BCUT2D eigenvalue weighted by atomic mass is 16.5. The topological polar surface area (TPSA) is 37.6 Å². The van der Waals surface area contributed by atoms with Crippen LogP contribution < -0.4 is 4.74 Å². The Morgan fingerprint density at radius 1 is 1.03 bits per heavy atom. The number of piperidine rings is 1. The molecule has 1 aliphatic carbocycles. The molecule has 1 saturated carbocycles. The lowest BCUT2D eigenvalue weighted by Gasteiger charge is -2.32. The standard InChI is InChI=1S/C27H34N2O2/c1-19-13-22(15-24-18-29(16-21-7-8-21)27(30)26(19)24)14-20-9-11-28(12-10-20)17-23-5-3-4-6-25(23)31-2/h3-6,13,15,18,20-21,30H,7-12,14,16-17H2,1-2H3. The summed E-state index contributed by atoms with van der Waals surface area (Å²) in [4.78, 5) is 2.55. The van der Waals surface area contributed by atoms with Crippen molar-refractivity contribution in [1.82, 2.24) is 9.47 Å². The van der Waals surface area contributed by atoms with Gasteiger partial charge in [-0.2, -0.15) is 0 Å². The van der Waals surface area contributed by atoms with Crippen molar-refractivity contribution in [2.45, 2.75) is 52.1 Å². The molecule has 2 aliphatic rings. The Balaban J connectivity index is 1.22. The van der Waals surface area contributed by atoms with Crippen LogP contribution in [0.15, 0.2) is 42.6 Å². The molecule has 2 heterocycles. The third kappa shape index (κ3) is 4.45. The van der Waals surface area contributed by atoms with E-state index in [0.29, 0.717) is 5.88 Å². The van der Waals surface area contributed by atoms with Crippen molar-refractivity contribution >= 4 is 10.8 Å². The van der Waals surface area contributed by atoms with Gasteiger partial charge in [0.2, 0.25) is 0 Å². The van der Waals surface area contributed by atoms with E-state index in [4.69, 9.17) is 4.74 Å². The van der Waals surface area contributed by atoms with Crippen LogP contribution in [0.2, 0.25) is 0 Å². The van der Waals surface area contributed by atoms with E-state index in [1.165, 1.54) is 47.8 Å². The van der Waals surface area contributed by atoms with Gasteiger partial charge in [0.15, 0.2) is 5.88 Å². The van der Waals surface area contributed by atoms with Crippen LogP contribution in [-0.2, 0) is 19.5 Å². The van der Waals surface area contributed by atoms with Crippen LogP contribution in [0.3, 0.4) is 0 Å². The van der Waals surface area contributed by atoms with Gasteiger partial charge in [0, 0.05) is 35.6 Å². The molecule has 164 valence electrons. The molecule has 1 saturated heterocycles. The van der Waals surface area contributed by atoms with Crippen LogP contribution in [-0.4, -0.2) is 34.8 Å². The summed E-state index contributed by atoms with van der Waals surface area (Å²) in [5.41, 5.74) is 3.89. The van der Waals surface area contributed by atoms with Crippen molar-refractivity contribution in [3.63, 3.8) is 0 Å². The normalized spacial score (nSPS) is 18.0. The molecule has 1 aliphatic heterocycles. The number of hydrogen-bond acceptors (Lipinski definition) is 3. The summed E-state index contributed by atoms with van der Waals surface area (Å²) in [7, 11) is 1.75. The molecule has 2 aromatic carbocycles. The van der Waals surface area contributed by atoms with Crippen LogP contribution >= 0.6 is 0 Å². The number of aromatic nitrogens is 1. The Bertz CT molecular complexity index is 1060. The Kier molecular flexibility index (Phi) is 5.66. The minimum atomic E-state index is 0.454. The number of para-hydroxylation sites is 1. The Morgan fingerprint density at radius 2 is 1.81 bits per heavy atom. The van der Waals surface area contributed by atoms with Crippen molar-refractivity contribution in [3.8, 4) is 11.6 Å². The fraction of sp³-hybridized carbons (Fsp3) is 0.481. The summed E-state index contributed by atoms with van der Waals surface area (Å²) in [5.74, 6) is 2.93. The summed E-state index contributed by atoms with van der Waals surface area (Å²) in [6.07, 6.45) is 8.37. The van der Waals surface area contributed by atoms with Crippen molar-refractivity contribution in [2.24, 2.45) is 11.8 Å². The second kappa shape index (κ2) is 8.58. The molecule has 0 spiro atoms. The summed E-state index contributed by atoms with van der Waals surface area (Å²) < 4.78 is 7.59. The molecular formula is C27H34N2O2. The molecule has 1 aromatic heterocycles. The molecule has 0 atom stereocenters. The fourth-order valence-electron chi connectivity index (χ4n) is 5.26. The third-order valence-electron chi connectivity index (χ3n) is 7.19. The quantitative estimate of drug-likeness (QED) is 0.548. The van der Waals surface area contributed by atoms with Gasteiger partial charge in [0.25, 0.3) is 0 Å². The van der Waals surface area contributed by atoms with E-state index in [0.717, 1.165) is 55.6 Å². The zero-order chi connectivity index (χ0) is 21.4. The second-order valence-electron chi connectivity index (χ2n) is 9.66. The first-order chi connectivity index (χ1) is 15.1. The minimum Gasteiger partial charge on any atom is -0.496 e. The van der Waals surface area contributed by atoms with Gasteiger partial charge in [0.05, 0.1) is 7.11 Å². The summed E-state index contributed by atoms with van der Waals surface area (Å²) in [6.45, 7) is 6.35. The van der Waals surface area contributed by atoms with Gasteiger partial charge in [-0.25, -0.2) is 0 Å². The number of ether oxygens (including phenoxy) is 1. The highest BCUT2D eigenvalue weighted by Crippen LogP contribution is 2.37. The average molecular weight is 419 g/mol. The number of methoxy groups -OCH3 is 1. The number of likely N-dealkylation sites (tertiary alicyclic amines) is 1. The molecule has 0 unspecified atom stereocenters. The zero-order valence-electron chi connectivity index (χ0n) is 18.8. The SMILES string of the molecule is COc1ccccc1CN1CCC(Cc2cc(C)c3c(O)n(CC4CC4)cc3c2)CC1. The van der Waals surface area contributed by atoms with E-state index in [9.17, 15) is 5.11 Å². The number of nitrogens with zero attached hydrogens (tertiary/aromatic N) is 2. The van der Waals surface area contributed by atoms with Gasteiger partial charge >= 0.3 is 0 Å². The summed E-state index contributed by atoms with van der Waals surface area (Å²) >= 11 is 0. The molecule has 0 amide bonds. The van der Waals surface area contributed by atoms with E-state index in [-0.39, 0.29) is 0 Å². The van der Waals surface area contributed by atoms with E-state index in [1.54, 1.807) is 7.11 Å². The molecule has 1 N–H and O–H groups in total.